The summed E-state index contributed by atoms with van der Waals surface area (Å²) >= 11 is 3.47. The number of hydrogen-bond donors (Lipinski definition) is 2. The number of rotatable bonds is 3. The molecule has 0 unspecified atom stereocenters. The molecule has 21 heavy (non-hydrogen) atoms. The van der Waals surface area contributed by atoms with E-state index in [-0.39, 0.29) is 11.3 Å². The van der Waals surface area contributed by atoms with E-state index in [2.05, 4.69) is 42.8 Å². The molecular weight excluding hydrogens is 328 g/mol. The van der Waals surface area contributed by atoms with E-state index in [9.17, 15) is 0 Å². The van der Waals surface area contributed by atoms with Crippen LogP contribution in [0.4, 0.5) is 0 Å². The van der Waals surface area contributed by atoms with Gasteiger partial charge >= 0.3 is 0 Å². The molecule has 0 saturated carbocycles. The number of nitrogens with two attached hydrogens (primary N) is 1. The average molecular weight is 347 g/mol. The van der Waals surface area contributed by atoms with E-state index in [1.165, 1.54) is 0 Å². The predicted molar refractivity (Wildman–Crippen MR) is 90.4 cm³/mol. The third kappa shape index (κ3) is 3.64. The second-order valence-corrected chi connectivity index (χ2v) is 6.76. The highest BCUT2D eigenvalue weighted by Gasteiger charge is 2.19. The average Bonchev–Trinajstić information content (AvgIpc) is 2.40. The van der Waals surface area contributed by atoms with Gasteiger partial charge in [-0.25, -0.2) is 0 Å². The molecular formula is C17H19BrN2O. The van der Waals surface area contributed by atoms with Crippen LogP contribution in [0.2, 0.25) is 0 Å². The van der Waals surface area contributed by atoms with Crippen LogP contribution in [0.25, 0.3) is 0 Å². The maximum atomic E-state index is 7.46. The summed E-state index contributed by atoms with van der Waals surface area (Å²) in [6.45, 7) is 6.47. The van der Waals surface area contributed by atoms with E-state index in [1.54, 1.807) is 12.1 Å². The minimum absolute atomic E-state index is 0.00238. The first-order valence-electron chi connectivity index (χ1n) is 6.70. The molecule has 4 heteroatoms. The lowest BCUT2D eigenvalue weighted by Gasteiger charge is -2.22. The molecule has 3 N–H and O–H groups in total. The Bertz CT molecular complexity index is 675. The summed E-state index contributed by atoms with van der Waals surface area (Å²) in [6, 6.07) is 13.4. The fourth-order valence-corrected chi connectivity index (χ4v) is 2.50. The summed E-state index contributed by atoms with van der Waals surface area (Å²) in [5, 5.41) is 7.46. The fourth-order valence-electron chi connectivity index (χ4n) is 2.04. The Morgan fingerprint density at radius 2 is 1.76 bits per heavy atom. The largest absolute Gasteiger partial charge is 0.456 e. The number of hydrogen-bond acceptors (Lipinski definition) is 2. The highest BCUT2D eigenvalue weighted by molar-refractivity contribution is 9.10. The van der Waals surface area contributed by atoms with Crippen molar-refractivity contribution in [1.29, 1.82) is 5.41 Å². The molecule has 0 aromatic heterocycles. The summed E-state index contributed by atoms with van der Waals surface area (Å²) in [6.07, 6.45) is 0. The molecule has 0 bridgehead atoms. The van der Waals surface area contributed by atoms with Crippen molar-refractivity contribution in [2.45, 2.75) is 26.2 Å². The number of halogens is 1. The molecule has 0 atom stereocenters. The number of benzene rings is 2. The van der Waals surface area contributed by atoms with Crippen molar-refractivity contribution in [2.24, 2.45) is 5.73 Å². The van der Waals surface area contributed by atoms with Crippen molar-refractivity contribution in [3.05, 3.63) is 58.1 Å². The molecule has 2 aromatic rings. The van der Waals surface area contributed by atoms with E-state index in [0.717, 1.165) is 15.8 Å². The highest BCUT2D eigenvalue weighted by atomic mass is 79.9. The van der Waals surface area contributed by atoms with Gasteiger partial charge in [0.2, 0.25) is 0 Å². The van der Waals surface area contributed by atoms with Gasteiger partial charge in [-0.1, -0.05) is 39.0 Å². The normalized spacial score (nSPS) is 11.2. The van der Waals surface area contributed by atoms with Crippen molar-refractivity contribution in [1.82, 2.24) is 0 Å². The van der Waals surface area contributed by atoms with E-state index in [1.807, 2.05) is 24.3 Å². The predicted octanol–water partition coefficient (Wildman–Crippen LogP) is 4.82. The van der Waals surface area contributed by atoms with Crippen molar-refractivity contribution in [2.75, 3.05) is 0 Å². The molecule has 2 aromatic carbocycles. The molecule has 0 saturated heterocycles. The second-order valence-electron chi connectivity index (χ2n) is 5.91. The van der Waals surface area contributed by atoms with E-state index in [4.69, 9.17) is 15.9 Å². The molecule has 0 fully saturated rings. The SMILES string of the molecule is CC(C)(C)c1ccccc1Oc1ccc(C(=N)N)cc1Br. The first-order valence-corrected chi connectivity index (χ1v) is 7.49. The van der Waals surface area contributed by atoms with E-state index < -0.39 is 0 Å². The van der Waals surface area contributed by atoms with Gasteiger partial charge in [0.25, 0.3) is 0 Å². The van der Waals surface area contributed by atoms with Gasteiger partial charge in [0.15, 0.2) is 0 Å². The first-order chi connectivity index (χ1) is 9.79. The van der Waals surface area contributed by atoms with Crippen LogP contribution in [0, 0.1) is 5.41 Å². The number of nitrogens with one attached hydrogen (secondary N) is 1. The number of amidine groups is 1. The lowest BCUT2D eigenvalue weighted by atomic mass is 9.86. The molecule has 0 radical (unpaired) electrons. The summed E-state index contributed by atoms with van der Waals surface area (Å²) in [7, 11) is 0. The zero-order valence-corrected chi connectivity index (χ0v) is 14.0. The van der Waals surface area contributed by atoms with Gasteiger partial charge in [0, 0.05) is 11.1 Å². The molecule has 0 amide bonds. The van der Waals surface area contributed by atoms with Crippen LogP contribution in [-0.4, -0.2) is 5.84 Å². The summed E-state index contributed by atoms with van der Waals surface area (Å²) in [4.78, 5) is 0. The van der Waals surface area contributed by atoms with Crippen LogP contribution >= 0.6 is 15.9 Å². The van der Waals surface area contributed by atoms with Crippen LogP contribution in [-0.2, 0) is 5.41 Å². The second kappa shape index (κ2) is 5.90. The zero-order chi connectivity index (χ0) is 15.6. The van der Waals surface area contributed by atoms with E-state index in [0.29, 0.717) is 11.3 Å². The molecule has 0 aliphatic carbocycles. The van der Waals surface area contributed by atoms with Crippen molar-refractivity contribution >= 4 is 21.8 Å². The Balaban J connectivity index is 2.38. The zero-order valence-electron chi connectivity index (χ0n) is 12.4. The van der Waals surface area contributed by atoms with Gasteiger partial charge in [-0.05, 0) is 45.6 Å². The standard InChI is InChI=1S/C17H19BrN2O/c1-17(2,3)12-6-4-5-7-14(12)21-15-9-8-11(16(19)20)10-13(15)18/h4-10H,1-3H3,(H3,19,20). The van der Waals surface area contributed by atoms with Gasteiger partial charge in [0.05, 0.1) is 4.47 Å². The maximum absolute atomic E-state index is 7.46. The van der Waals surface area contributed by atoms with Gasteiger partial charge in [-0.2, -0.15) is 0 Å². The van der Waals surface area contributed by atoms with Crippen LogP contribution < -0.4 is 10.5 Å². The van der Waals surface area contributed by atoms with Crippen LogP contribution in [0.3, 0.4) is 0 Å². The fraction of sp³-hybridized carbons (Fsp3) is 0.235. The summed E-state index contributed by atoms with van der Waals surface area (Å²) < 4.78 is 6.82. The monoisotopic (exact) mass is 346 g/mol. The van der Waals surface area contributed by atoms with Gasteiger partial charge in [-0.15, -0.1) is 0 Å². The van der Waals surface area contributed by atoms with Crippen LogP contribution in [0.15, 0.2) is 46.9 Å². The van der Waals surface area contributed by atoms with Crippen LogP contribution in [0.1, 0.15) is 31.9 Å². The molecule has 2 rings (SSSR count). The van der Waals surface area contributed by atoms with Gasteiger partial charge in [0.1, 0.15) is 17.3 Å². The summed E-state index contributed by atoms with van der Waals surface area (Å²) in [5.41, 5.74) is 7.30. The Morgan fingerprint density at radius 1 is 1.10 bits per heavy atom. The summed E-state index contributed by atoms with van der Waals surface area (Å²) in [5.74, 6) is 1.58. The van der Waals surface area contributed by atoms with Gasteiger partial charge < -0.3 is 10.5 Å². The van der Waals surface area contributed by atoms with E-state index >= 15 is 0 Å². The number of ether oxygens (including phenoxy) is 1. The lowest BCUT2D eigenvalue weighted by Crippen LogP contribution is -2.12. The minimum Gasteiger partial charge on any atom is -0.456 e. The number of nitrogen functional groups attached to an aromatic ring is 1. The molecule has 3 nitrogen and oxygen atoms in total. The number of para-hydroxylation sites is 1. The van der Waals surface area contributed by atoms with Crippen molar-refractivity contribution in [3.63, 3.8) is 0 Å². The van der Waals surface area contributed by atoms with Crippen molar-refractivity contribution in [3.8, 4) is 11.5 Å². The third-order valence-electron chi connectivity index (χ3n) is 3.16. The van der Waals surface area contributed by atoms with Crippen LogP contribution in [0.5, 0.6) is 11.5 Å². The molecule has 0 aliphatic rings. The molecule has 0 aliphatic heterocycles. The Morgan fingerprint density at radius 3 is 2.33 bits per heavy atom. The lowest BCUT2D eigenvalue weighted by molar-refractivity contribution is 0.453. The van der Waals surface area contributed by atoms with Crippen molar-refractivity contribution < 1.29 is 4.74 Å². The third-order valence-corrected chi connectivity index (χ3v) is 3.78. The Labute approximate surface area is 133 Å². The molecule has 0 heterocycles. The quantitative estimate of drug-likeness (QED) is 0.618. The maximum Gasteiger partial charge on any atom is 0.141 e. The first kappa shape index (κ1) is 15.6. The molecule has 110 valence electrons. The Kier molecular flexibility index (Phi) is 4.37. The van der Waals surface area contributed by atoms with Gasteiger partial charge in [-0.3, -0.25) is 5.41 Å². The minimum atomic E-state index is 0.00238. The Hall–Kier alpha value is -1.81. The topological polar surface area (TPSA) is 59.1 Å². The molecule has 0 spiro atoms. The smallest absolute Gasteiger partial charge is 0.141 e. The highest BCUT2D eigenvalue weighted by Crippen LogP contribution is 2.36.